The van der Waals surface area contributed by atoms with E-state index in [1.165, 1.54) is 34.2 Å². The number of nitrogens with one attached hydrogen (secondary N) is 1. The van der Waals surface area contributed by atoms with E-state index in [-0.39, 0.29) is 0 Å². The lowest BCUT2D eigenvalue weighted by molar-refractivity contribution is 0.335. The molecular formula is C17H24BrNO. The molecule has 1 aliphatic heterocycles. The average molecular weight is 338 g/mol. The molecule has 1 aromatic carbocycles. The zero-order valence-electron chi connectivity index (χ0n) is 12.4. The SMILES string of the molecule is CCNC1CCC(Cc2cc(Br)cc3c2OCC3)C1C. The number of ether oxygens (including phenoxy) is 1. The minimum Gasteiger partial charge on any atom is -0.493 e. The second-order valence-corrected chi connectivity index (χ2v) is 7.13. The Morgan fingerprint density at radius 3 is 3.00 bits per heavy atom. The largest absolute Gasteiger partial charge is 0.493 e. The van der Waals surface area contributed by atoms with E-state index in [1.54, 1.807) is 0 Å². The molecule has 0 amide bonds. The van der Waals surface area contributed by atoms with Crippen molar-refractivity contribution >= 4 is 15.9 Å². The Morgan fingerprint density at radius 1 is 1.35 bits per heavy atom. The van der Waals surface area contributed by atoms with Crippen molar-refractivity contribution in [2.75, 3.05) is 13.2 Å². The maximum Gasteiger partial charge on any atom is 0.125 e. The van der Waals surface area contributed by atoms with Crippen molar-refractivity contribution in [3.05, 3.63) is 27.7 Å². The van der Waals surface area contributed by atoms with Crippen LogP contribution in [-0.4, -0.2) is 19.2 Å². The Balaban J connectivity index is 1.76. The normalized spacial score (nSPS) is 28.4. The molecule has 3 heteroatoms. The fourth-order valence-electron chi connectivity index (χ4n) is 3.87. The average Bonchev–Trinajstić information content (AvgIpc) is 3.00. The Bertz CT molecular complexity index is 488. The first kappa shape index (κ1) is 14.4. The molecule has 0 bridgehead atoms. The monoisotopic (exact) mass is 337 g/mol. The van der Waals surface area contributed by atoms with E-state index in [2.05, 4.69) is 47.2 Å². The predicted molar refractivity (Wildman–Crippen MR) is 86.4 cm³/mol. The molecule has 2 nitrogen and oxygen atoms in total. The van der Waals surface area contributed by atoms with Gasteiger partial charge in [-0.1, -0.05) is 29.8 Å². The van der Waals surface area contributed by atoms with Crippen LogP contribution >= 0.6 is 15.9 Å². The highest BCUT2D eigenvalue weighted by atomic mass is 79.9. The summed E-state index contributed by atoms with van der Waals surface area (Å²) in [7, 11) is 0. The van der Waals surface area contributed by atoms with Crippen molar-refractivity contribution in [1.82, 2.24) is 5.32 Å². The van der Waals surface area contributed by atoms with Crippen LogP contribution < -0.4 is 10.1 Å². The van der Waals surface area contributed by atoms with Crippen molar-refractivity contribution in [3.8, 4) is 5.75 Å². The van der Waals surface area contributed by atoms with Crippen LogP contribution in [0.1, 0.15) is 37.8 Å². The van der Waals surface area contributed by atoms with Gasteiger partial charge in [-0.05, 0) is 60.9 Å². The molecule has 2 aliphatic rings. The van der Waals surface area contributed by atoms with Gasteiger partial charge in [-0.15, -0.1) is 0 Å². The van der Waals surface area contributed by atoms with E-state index in [4.69, 9.17) is 4.74 Å². The summed E-state index contributed by atoms with van der Waals surface area (Å²) in [6.07, 6.45) is 4.86. The fraction of sp³-hybridized carbons (Fsp3) is 0.647. The third-order valence-electron chi connectivity index (χ3n) is 5.00. The molecule has 3 rings (SSSR count). The van der Waals surface area contributed by atoms with Gasteiger partial charge in [-0.2, -0.15) is 0 Å². The van der Waals surface area contributed by atoms with Gasteiger partial charge in [0.25, 0.3) is 0 Å². The first-order valence-electron chi connectivity index (χ1n) is 7.86. The number of fused-ring (bicyclic) bond motifs is 1. The number of benzene rings is 1. The van der Waals surface area contributed by atoms with Gasteiger partial charge in [0.2, 0.25) is 0 Å². The molecular weight excluding hydrogens is 314 g/mol. The lowest BCUT2D eigenvalue weighted by Crippen LogP contribution is -2.32. The van der Waals surface area contributed by atoms with Crippen molar-refractivity contribution < 1.29 is 4.74 Å². The van der Waals surface area contributed by atoms with Crippen molar-refractivity contribution in [1.29, 1.82) is 0 Å². The summed E-state index contributed by atoms with van der Waals surface area (Å²) in [6.45, 7) is 6.54. The minimum absolute atomic E-state index is 0.700. The van der Waals surface area contributed by atoms with Crippen molar-refractivity contribution in [2.24, 2.45) is 11.8 Å². The van der Waals surface area contributed by atoms with Gasteiger partial charge in [0, 0.05) is 16.9 Å². The number of hydrogen-bond donors (Lipinski definition) is 1. The van der Waals surface area contributed by atoms with E-state index < -0.39 is 0 Å². The summed E-state index contributed by atoms with van der Waals surface area (Å²) >= 11 is 3.65. The third-order valence-corrected chi connectivity index (χ3v) is 5.46. The van der Waals surface area contributed by atoms with Gasteiger partial charge in [0.1, 0.15) is 5.75 Å². The van der Waals surface area contributed by atoms with Gasteiger partial charge >= 0.3 is 0 Å². The third kappa shape index (κ3) is 2.75. The lowest BCUT2D eigenvalue weighted by atomic mass is 9.88. The molecule has 1 fully saturated rings. The fourth-order valence-corrected chi connectivity index (χ4v) is 4.42. The van der Waals surface area contributed by atoms with Gasteiger partial charge < -0.3 is 10.1 Å². The molecule has 0 saturated heterocycles. The van der Waals surface area contributed by atoms with Crippen LogP contribution in [-0.2, 0) is 12.8 Å². The van der Waals surface area contributed by atoms with Crippen LogP contribution in [0.15, 0.2) is 16.6 Å². The molecule has 3 unspecified atom stereocenters. The van der Waals surface area contributed by atoms with E-state index >= 15 is 0 Å². The quantitative estimate of drug-likeness (QED) is 0.898. The molecule has 3 atom stereocenters. The number of hydrogen-bond acceptors (Lipinski definition) is 2. The summed E-state index contributed by atoms with van der Waals surface area (Å²) in [4.78, 5) is 0. The second kappa shape index (κ2) is 6.07. The summed E-state index contributed by atoms with van der Waals surface area (Å²) in [6, 6.07) is 5.18. The molecule has 0 aromatic heterocycles. The summed E-state index contributed by atoms with van der Waals surface area (Å²) < 4.78 is 7.07. The standard InChI is InChI=1S/C17H24BrNO/c1-3-19-16-5-4-12(11(16)2)8-14-10-15(18)9-13-6-7-20-17(13)14/h9-12,16,19H,3-8H2,1-2H3. The lowest BCUT2D eigenvalue weighted by Gasteiger charge is -2.22. The molecule has 20 heavy (non-hydrogen) atoms. The van der Waals surface area contributed by atoms with E-state index in [9.17, 15) is 0 Å². The molecule has 1 saturated carbocycles. The van der Waals surface area contributed by atoms with Gasteiger partial charge in [-0.3, -0.25) is 0 Å². The first-order valence-corrected chi connectivity index (χ1v) is 8.65. The van der Waals surface area contributed by atoms with Crippen molar-refractivity contribution in [2.45, 2.75) is 45.6 Å². The van der Waals surface area contributed by atoms with Gasteiger partial charge in [0.15, 0.2) is 0 Å². The maximum atomic E-state index is 5.87. The molecule has 1 heterocycles. The summed E-state index contributed by atoms with van der Waals surface area (Å²) in [5.74, 6) is 2.71. The van der Waals surface area contributed by atoms with Crippen molar-refractivity contribution in [3.63, 3.8) is 0 Å². The predicted octanol–water partition coefficient (Wildman–Crippen LogP) is 3.95. The van der Waals surface area contributed by atoms with E-state index in [1.807, 2.05) is 0 Å². The highest BCUT2D eigenvalue weighted by Crippen LogP contribution is 2.39. The Labute approximate surface area is 130 Å². The van der Waals surface area contributed by atoms with Crippen LogP contribution in [0.5, 0.6) is 5.75 Å². The van der Waals surface area contributed by atoms with Crippen LogP contribution in [0.3, 0.4) is 0 Å². The Morgan fingerprint density at radius 2 is 2.20 bits per heavy atom. The van der Waals surface area contributed by atoms with E-state index in [0.717, 1.165) is 37.8 Å². The van der Waals surface area contributed by atoms with Crippen LogP contribution in [0.2, 0.25) is 0 Å². The smallest absolute Gasteiger partial charge is 0.125 e. The molecule has 110 valence electrons. The molecule has 1 aliphatic carbocycles. The summed E-state index contributed by atoms with van der Waals surface area (Å²) in [5.41, 5.74) is 2.78. The van der Waals surface area contributed by atoms with Crippen LogP contribution in [0.4, 0.5) is 0 Å². The molecule has 1 N–H and O–H groups in total. The minimum atomic E-state index is 0.700. The molecule has 0 spiro atoms. The Hall–Kier alpha value is -0.540. The molecule has 1 aromatic rings. The first-order chi connectivity index (χ1) is 9.69. The highest BCUT2D eigenvalue weighted by molar-refractivity contribution is 9.10. The Kier molecular flexibility index (Phi) is 4.37. The number of rotatable bonds is 4. The van der Waals surface area contributed by atoms with Crippen LogP contribution in [0, 0.1) is 11.8 Å². The summed E-state index contributed by atoms with van der Waals surface area (Å²) in [5, 5.41) is 3.63. The maximum absolute atomic E-state index is 5.87. The molecule has 0 radical (unpaired) electrons. The zero-order chi connectivity index (χ0) is 14.1. The highest BCUT2D eigenvalue weighted by Gasteiger charge is 2.33. The zero-order valence-corrected chi connectivity index (χ0v) is 14.0. The topological polar surface area (TPSA) is 21.3 Å². The second-order valence-electron chi connectivity index (χ2n) is 6.22. The van der Waals surface area contributed by atoms with E-state index in [0.29, 0.717) is 6.04 Å². The van der Waals surface area contributed by atoms with Crippen LogP contribution in [0.25, 0.3) is 0 Å². The number of halogens is 1. The van der Waals surface area contributed by atoms with Gasteiger partial charge in [-0.25, -0.2) is 0 Å². The van der Waals surface area contributed by atoms with Gasteiger partial charge in [0.05, 0.1) is 6.61 Å².